The number of hydrogen-bond acceptors (Lipinski definition) is 3. The van der Waals surface area contributed by atoms with E-state index in [1.54, 1.807) is 31.2 Å². The van der Waals surface area contributed by atoms with Crippen LogP contribution in [0.1, 0.15) is 18.2 Å². The van der Waals surface area contributed by atoms with Gasteiger partial charge in [-0.25, -0.2) is 17.9 Å². The quantitative estimate of drug-likeness (QED) is 0.549. The first-order valence-corrected chi connectivity index (χ1v) is 8.83. The molecular formula is C22H16F3N3O. The maximum atomic E-state index is 14.7. The molecule has 7 heteroatoms. The minimum atomic E-state index is -1.44. The molecule has 1 aromatic heterocycles. The highest BCUT2D eigenvalue weighted by Crippen LogP contribution is 2.31. The van der Waals surface area contributed by atoms with Crippen molar-refractivity contribution >= 4 is 0 Å². The third-order valence-corrected chi connectivity index (χ3v) is 4.76. The van der Waals surface area contributed by atoms with Crippen LogP contribution >= 0.6 is 0 Å². The number of hydrogen-bond donors (Lipinski definition) is 1. The highest BCUT2D eigenvalue weighted by Gasteiger charge is 2.29. The monoisotopic (exact) mass is 395 g/mol. The van der Waals surface area contributed by atoms with Crippen LogP contribution in [0.2, 0.25) is 0 Å². The fourth-order valence-electron chi connectivity index (χ4n) is 3.14. The Bertz CT molecular complexity index is 1150. The third kappa shape index (κ3) is 3.40. The van der Waals surface area contributed by atoms with Crippen molar-refractivity contribution in [1.29, 1.82) is 0 Å². The molecule has 29 heavy (non-hydrogen) atoms. The Balaban J connectivity index is 1.73. The summed E-state index contributed by atoms with van der Waals surface area (Å²) >= 11 is 0. The molecule has 4 rings (SSSR count). The number of nitrogens with zero attached hydrogens (tertiary/aromatic N) is 3. The van der Waals surface area contributed by atoms with Crippen LogP contribution in [-0.2, 0) is 5.60 Å². The molecule has 4 aromatic rings. The fourth-order valence-corrected chi connectivity index (χ4v) is 3.14. The zero-order valence-electron chi connectivity index (χ0n) is 15.4. The van der Waals surface area contributed by atoms with Crippen LogP contribution in [0, 0.1) is 17.5 Å². The lowest BCUT2D eigenvalue weighted by atomic mass is 9.93. The molecule has 1 heterocycles. The lowest BCUT2D eigenvalue weighted by Gasteiger charge is -2.20. The minimum absolute atomic E-state index is 0.0581. The normalized spacial score (nSPS) is 13.3. The Labute approximate surface area is 164 Å². The van der Waals surface area contributed by atoms with Crippen LogP contribution in [0.4, 0.5) is 13.2 Å². The molecule has 1 N–H and O–H groups in total. The standard InChI is InChI=1S/C22H16F3N3O/c1-22(29,14-7-3-2-4-8-14)20-13-28(27-26-20)15-11-18(24)21(19(25)12-15)16-9-5-6-10-17(16)23/h2-13,29H,1H3. The Morgan fingerprint density at radius 3 is 2.14 bits per heavy atom. The van der Waals surface area contributed by atoms with Crippen LogP contribution in [0.5, 0.6) is 0 Å². The second kappa shape index (κ2) is 7.18. The van der Waals surface area contributed by atoms with Gasteiger partial charge in [-0.2, -0.15) is 0 Å². The van der Waals surface area contributed by atoms with Crippen molar-refractivity contribution in [3.63, 3.8) is 0 Å². The van der Waals surface area contributed by atoms with Crippen molar-refractivity contribution in [2.75, 3.05) is 0 Å². The summed E-state index contributed by atoms with van der Waals surface area (Å²) in [7, 11) is 0. The predicted octanol–water partition coefficient (Wildman–Crippen LogP) is 4.61. The van der Waals surface area contributed by atoms with E-state index in [1.165, 1.54) is 24.4 Å². The number of rotatable bonds is 4. The van der Waals surface area contributed by atoms with Crippen molar-refractivity contribution in [2.45, 2.75) is 12.5 Å². The third-order valence-electron chi connectivity index (χ3n) is 4.76. The number of benzene rings is 3. The van der Waals surface area contributed by atoms with Gasteiger partial charge >= 0.3 is 0 Å². The van der Waals surface area contributed by atoms with Gasteiger partial charge < -0.3 is 5.11 Å². The first-order chi connectivity index (χ1) is 13.9. The smallest absolute Gasteiger partial charge is 0.136 e. The van der Waals surface area contributed by atoms with E-state index in [-0.39, 0.29) is 16.9 Å². The van der Waals surface area contributed by atoms with Gasteiger partial charge in [0.05, 0.1) is 17.4 Å². The topological polar surface area (TPSA) is 50.9 Å². The van der Waals surface area contributed by atoms with Crippen LogP contribution in [0.15, 0.2) is 72.9 Å². The summed E-state index contributed by atoms with van der Waals surface area (Å²) in [4.78, 5) is 0. The summed E-state index contributed by atoms with van der Waals surface area (Å²) < 4.78 is 44.4. The first kappa shape index (κ1) is 18.9. The molecule has 0 aliphatic rings. The van der Waals surface area contributed by atoms with Crippen molar-refractivity contribution in [1.82, 2.24) is 15.0 Å². The van der Waals surface area contributed by atoms with Crippen LogP contribution in [0.25, 0.3) is 16.8 Å². The second-order valence-corrected chi connectivity index (χ2v) is 6.75. The van der Waals surface area contributed by atoms with E-state index in [2.05, 4.69) is 10.3 Å². The Morgan fingerprint density at radius 1 is 0.862 bits per heavy atom. The summed E-state index contributed by atoms with van der Waals surface area (Å²) in [6, 6.07) is 16.3. The second-order valence-electron chi connectivity index (χ2n) is 6.75. The van der Waals surface area contributed by atoms with Gasteiger partial charge in [-0.05, 0) is 18.6 Å². The molecule has 0 radical (unpaired) electrons. The average molecular weight is 395 g/mol. The number of aliphatic hydroxyl groups is 1. The highest BCUT2D eigenvalue weighted by atomic mass is 19.1. The Kier molecular flexibility index (Phi) is 4.68. The van der Waals surface area contributed by atoms with E-state index in [0.29, 0.717) is 5.56 Å². The van der Waals surface area contributed by atoms with Crippen molar-refractivity contribution in [2.24, 2.45) is 0 Å². The van der Waals surface area contributed by atoms with E-state index in [0.717, 1.165) is 22.9 Å². The predicted molar refractivity (Wildman–Crippen MR) is 102 cm³/mol. The maximum absolute atomic E-state index is 14.7. The first-order valence-electron chi connectivity index (χ1n) is 8.83. The molecule has 0 bridgehead atoms. The molecule has 0 fully saturated rings. The van der Waals surface area contributed by atoms with Gasteiger partial charge in [0, 0.05) is 17.7 Å². The summed E-state index contributed by atoms with van der Waals surface area (Å²) in [6.07, 6.45) is 1.39. The van der Waals surface area contributed by atoms with Gasteiger partial charge in [-0.3, -0.25) is 0 Å². The van der Waals surface area contributed by atoms with E-state index in [9.17, 15) is 18.3 Å². The zero-order valence-corrected chi connectivity index (χ0v) is 15.4. The summed E-state index contributed by atoms with van der Waals surface area (Å²) in [5.41, 5.74) is -1.20. The zero-order chi connectivity index (χ0) is 20.6. The molecular weight excluding hydrogens is 379 g/mol. The molecule has 3 aromatic carbocycles. The summed E-state index contributed by atoms with van der Waals surface area (Å²) in [6.45, 7) is 1.55. The largest absolute Gasteiger partial charge is 0.379 e. The molecule has 0 saturated heterocycles. The summed E-state index contributed by atoms with van der Waals surface area (Å²) in [5, 5.41) is 18.7. The van der Waals surface area contributed by atoms with Gasteiger partial charge in [0.15, 0.2) is 0 Å². The van der Waals surface area contributed by atoms with Crippen LogP contribution < -0.4 is 0 Å². The molecule has 1 atom stereocenters. The number of halogens is 3. The van der Waals surface area contributed by atoms with E-state index >= 15 is 0 Å². The Hall–Kier alpha value is -3.45. The molecule has 0 saturated carbocycles. The van der Waals surface area contributed by atoms with Crippen LogP contribution in [-0.4, -0.2) is 20.1 Å². The van der Waals surface area contributed by atoms with Gasteiger partial charge in [-0.1, -0.05) is 53.7 Å². The minimum Gasteiger partial charge on any atom is -0.379 e. The highest BCUT2D eigenvalue weighted by molar-refractivity contribution is 5.67. The molecule has 0 spiro atoms. The molecule has 146 valence electrons. The van der Waals surface area contributed by atoms with Gasteiger partial charge in [0.1, 0.15) is 28.7 Å². The van der Waals surface area contributed by atoms with E-state index in [1.807, 2.05) is 6.07 Å². The maximum Gasteiger partial charge on any atom is 0.136 e. The number of aromatic nitrogens is 3. The molecule has 1 unspecified atom stereocenters. The van der Waals surface area contributed by atoms with Gasteiger partial charge in [-0.15, -0.1) is 5.10 Å². The SMILES string of the molecule is CC(O)(c1ccccc1)c1cn(-c2cc(F)c(-c3ccccc3F)c(F)c2)nn1. The summed E-state index contributed by atoms with van der Waals surface area (Å²) in [5.74, 6) is -2.59. The molecule has 0 aliphatic carbocycles. The van der Waals surface area contributed by atoms with E-state index in [4.69, 9.17) is 0 Å². The van der Waals surface area contributed by atoms with Crippen molar-refractivity contribution in [3.8, 4) is 16.8 Å². The van der Waals surface area contributed by atoms with Crippen molar-refractivity contribution < 1.29 is 18.3 Å². The van der Waals surface area contributed by atoms with Gasteiger partial charge in [0.2, 0.25) is 0 Å². The van der Waals surface area contributed by atoms with Crippen LogP contribution in [0.3, 0.4) is 0 Å². The van der Waals surface area contributed by atoms with Crippen molar-refractivity contribution in [3.05, 3.63) is 102 Å². The van der Waals surface area contributed by atoms with Gasteiger partial charge in [0.25, 0.3) is 0 Å². The molecule has 0 amide bonds. The average Bonchev–Trinajstić information content (AvgIpc) is 3.21. The fraction of sp³-hybridized carbons (Fsp3) is 0.0909. The molecule has 4 nitrogen and oxygen atoms in total. The Morgan fingerprint density at radius 2 is 1.48 bits per heavy atom. The lowest BCUT2D eigenvalue weighted by molar-refractivity contribution is 0.0973. The van der Waals surface area contributed by atoms with E-state index < -0.39 is 28.6 Å². The lowest BCUT2D eigenvalue weighted by Crippen LogP contribution is -2.23. The molecule has 0 aliphatic heterocycles.